The van der Waals surface area contributed by atoms with Crippen LogP contribution in [0, 0.1) is 17.8 Å². The van der Waals surface area contributed by atoms with Crippen molar-refractivity contribution in [3.63, 3.8) is 0 Å². The van der Waals surface area contributed by atoms with Crippen molar-refractivity contribution in [2.45, 2.75) is 75.9 Å². The molecule has 5 aliphatic rings. The predicted molar refractivity (Wildman–Crippen MR) is 187 cm³/mol. The largest absolute Gasteiger partial charge is 0.487 e. The van der Waals surface area contributed by atoms with Gasteiger partial charge in [-0.25, -0.2) is 13.1 Å². The minimum atomic E-state index is -3.94. The fraction of sp³-hybridized carbons (Fsp3) is 0.595. The molecule has 1 N–H and O–H groups in total. The van der Waals surface area contributed by atoms with Crippen LogP contribution in [0.25, 0.3) is 0 Å². The second kappa shape index (κ2) is 13.9. The summed E-state index contributed by atoms with van der Waals surface area (Å²) in [6, 6.07) is 11.5. The zero-order valence-corrected chi connectivity index (χ0v) is 29.6. The van der Waals surface area contributed by atoms with E-state index in [1.807, 2.05) is 37.3 Å². The number of hydrogen-bond donors (Lipinski definition) is 1. The third-order valence-corrected chi connectivity index (χ3v) is 13.7. The Morgan fingerprint density at radius 3 is 2.73 bits per heavy atom. The fourth-order valence-corrected chi connectivity index (χ4v) is 9.65. The average molecular weight is 698 g/mol. The number of sulfonamides is 1. The molecule has 4 heterocycles. The number of anilines is 1. The molecule has 2 saturated heterocycles. The number of allylic oxidation sites excluding steroid dienone is 1. The molecule has 2 aromatic carbocycles. The Kier molecular flexibility index (Phi) is 9.83. The SMILES string of the molecule is C[C@@H]1[C@@H](C)C/C=C/[C@]2(CN3CCOC[C@@H]3CO2)[C@@H]2CC[C@H]2CN2CCCCc3cc(Cl)ccc3COc3ccc(cc32)C(=O)NS1(=O)=O. The molecule has 0 unspecified atom stereocenters. The van der Waals surface area contributed by atoms with Crippen LogP contribution in [-0.2, 0) is 32.5 Å². The number of rotatable bonds is 0. The monoisotopic (exact) mass is 697 g/mol. The van der Waals surface area contributed by atoms with E-state index in [-0.39, 0.29) is 12.0 Å². The highest BCUT2D eigenvalue weighted by molar-refractivity contribution is 7.90. The van der Waals surface area contributed by atoms with Crippen molar-refractivity contribution in [2.24, 2.45) is 17.8 Å². The van der Waals surface area contributed by atoms with Gasteiger partial charge in [-0.2, -0.15) is 0 Å². The number of nitrogens with zero attached hydrogens (tertiary/aromatic N) is 2. The molecule has 1 amide bonds. The fourth-order valence-electron chi connectivity index (χ4n) is 8.17. The van der Waals surface area contributed by atoms with Gasteiger partial charge in [0.05, 0.1) is 36.8 Å². The van der Waals surface area contributed by atoms with Gasteiger partial charge >= 0.3 is 0 Å². The molecule has 1 spiro atoms. The number of amides is 1. The minimum Gasteiger partial charge on any atom is -0.487 e. The van der Waals surface area contributed by atoms with Crippen LogP contribution in [0.2, 0.25) is 5.02 Å². The van der Waals surface area contributed by atoms with Crippen LogP contribution >= 0.6 is 11.6 Å². The van der Waals surface area contributed by atoms with Crippen molar-refractivity contribution < 1.29 is 27.4 Å². The van der Waals surface area contributed by atoms with E-state index in [9.17, 15) is 13.2 Å². The van der Waals surface area contributed by atoms with Crippen LogP contribution in [0.5, 0.6) is 5.75 Å². The van der Waals surface area contributed by atoms with Crippen molar-refractivity contribution in [1.29, 1.82) is 0 Å². The van der Waals surface area contributed by atoms with E-state index >= 15 is 0 Å². The smallest absolute Gasteiger partial charge is 0.264 e. The highest BCUT2D eigenvalue weighted by Crippen LogP contribution is 2.48. The number of carbonyl (C=O) groups is 1. The van der Waals surface area contributed by atoms with Crippen molar-refractivity contribution in [3.05, 3.63) is 70.3 Å². The summed E-state index contributed by atoms with van der Waals surface area (Å²) in [4.78, 5) is 18.4. The number of ether oxygens (including phenoxy) is 3. The van der Waals surface area contributed by atoms with Crippen LogP contribution in [0.15, 0.2) is 48.6 Å². The molecule has 9 nitrogen and oxygen atoms in total. The second-order valence-corrected chi connectivity index (χ2v) is 17.0. The van der Waals surface area contributed by atoms with Gasteiger partial charge in [-0.3, -0.25) is 9.69 Å². The number of nitrogens with one attached hydrogen (secondary N) is 1. The molecule has 1 aliphatic carbocycles. The van der Waals surface area contributed by atoms with Crippen molar-refractivity contribution in [3.8, 4) is 5.75 Å². The number of hydrogen-bond acceptors (Lipinski definition) is 8. The Morgan fingerprint density at radius 1 is 1.02 bits per heavy atom. The van der Waals surface area contributed by atoms with Gasteiger partial charge in [-0.15, -0.1) is 0 Å². The van der Waals surface area contributed by atoms with Crippen LogP contribution in [-0.4, -0.2) is 82.1 Å². The van der Waals surface area contributed by atoms with Gasteiger partial charge in [0.25, 0.3) is 5.91 Å². The summed E-state index contributed by atoms with van der Waals surface area (Å²) in [5.41, 5.74) is 2.94. The lowest BCUT2D eigenvalue weighted by atomic mass is 9.63. The molecule has 0 radical (unpaired) electrons. The van der Waals surface area contributed by atoms with E-state index in [0.29, 0.717) is 49.4 Å². The lowest BCUT2D eigenvalue weighted by Gasteiger charge is -2.56. The maximum Gasteiger partial charge on any atom is 0.264 e. The Balaban J connectivity index is 1.27. The Morgan fingerprint density at radius 2 is 1.90 bits per heavy atom. The number of carbonyl (C=O) groups excluding carboxylic acids is 1. The van der Waals surface area contributed by atoms with E-state index in [1.54, 1.807) is 13.0 Å². The van der Waals surface area contributed by atoms with E-state index < -0.39 is 26.8 Å². The molecule has 2 bridgehead atoms. The summed E-state index contributed by atoms with van der Waals surface area (Å²) in [6.07, 6.45) is 9.95. The summed E-state index contributed by atoms with van der Waals surface area (Å²) in [7, 11) is -3.94. The lowest BCUT2D eigenvalue weighted by molar-refractivity contribution is -0.186. The van der Waals surface area contributed by atoms with Gasteiger partial charge in [0, 0.05) is 36.8 Å². The first-order valence-electron chi connectivity index (χ1n) is 17.6. The van der Waals surface area contributed by atoms with Crippen LogP contribution < -0.4 is 14.4 Å². The van der Waals surface area contributed by atoms with E-state index in [2.05, 4.69) is 26.7 Å². The van der Waals surface area contributed by atoms with Crippen LogP contribution in [0.3, 0.4) is 0 Å². The van der Waals surface area contributed by atoms with Crippen molar-refractivity contribution >= 4 is 33.2 Å². The first-order chi connectivity index (χ1) is 23.1. The van der Waals surface area contributed by atoms with Gasteiger partial charge in [0.15, 0.2) is 0 Å². The second-order valence-electron chi connectivity index (χ2n) is 14.5. The molecule has 3 fully saturated rings. The summed E-state index contributed by atoms with van der Waals surface area (Å²) < 4.78 is 48.5. The van der Waals surface area contributed by atoms with Gasteiger partial charge in [0.1, 0.15) is 18.0 Å². The molecule has 0 aromatic heterocycles. The third-order valence-electron chi connectivity index (χ3n) is 11.5. The number of halogens is 1. The Labute approximate surface area is 290 Å². The number of morpholine rings is 2. The van der Waals surface area contributed by atoms with Crippen molar-refractivity contribution in [1.82, 2.24) is 9.62 Å². The predicted octanol–water partition coefficient (Wildman–Crippen LogP) is 5.60. The van der Waals surface area contributed by atoms with Gasteiger partial charge < -0.3 is 19.1 Å². The lowest BCUT2D eigenvalue weighted by Crippen LogP contribution is -2.65. The first kappa shape index (κ1) is 33.8. The quantitative estimate of drug-likeness (QED) is 0.356. The van der Waals surface area contributed by atoms with Gasteiger partial charge in [0.2, 0.25) is 10.0 Å². The zero-order chi connectivity index (χ0) is 33.5. The van der Waals surface area contributed by atoms with Gasteiger partial charge in [-0.1, -0.05) is 36.7 Å². The number of benzene rings is 2. The number of aryl methyl sites for hydroxylation is 1. The van der Waals surface area contributed by atoms with Gasteiger partial charge in [-0.05, 0) is 105 Å². The summed E-state index contributed by atoms with van der Waals surface area (Å²) >= 11 is 6.38. The molecule has 7 rings (SSSR count). The molecular formula is C37H48ClN3O6S. The zero-order valence-electron chi connectivity index (χ0n) is 28.0. The molecule has 11 heteroatoms. The summed E-state index contributed by atoms with van der Waals surface area (Å²) in [6.45, 7) is 9.29. The van der Waals surface area contributed by atoms with E-state index in [0.717, 1.165) is 81.2 Å². The normalized spacial score (nSPS) is 33.4. The maximum atomic E-state index is 13.5. The molecule has 1 saturated carbocycles. The highest BCUT2D eigenvalue weighted by atomic mass is 35.5. The minimum absolute atomic E-state index is 0.206. The molecule has 4 aliphatic heterocycles. The summed E-state index contributed by atoms with van der Waals surface area (Å²) in [5, 5.41) is -0.0488. The topological polar surface area (TPSA) is 97.4 Å². The Hall–Kier alpha value is -2.63. The molecule has 2 aromatic rings. The van der Waals surface area contributed by atoms with E-state index in [4.69, 9.17) is 25.8 Å². The standard InChI is InChI=1S/C37H48ClN3O6S/c1-25-6-5-14-37(24-41-16-17-45-22-32(41)23-47-37)33-12-9-29(33)20-40-15-4-3-7-27-18-31(38)11-8-30(27)21-46-35-13-10-28(19-34(35)40)36(42)39-48(43,44)26(25)2/h5,8,10-11,13-14,18-19,25-26,29,32-33H,3-4,6-7,9,12,15-17,20-24H2,1-2H3,(H,39,42)/b14-5+/t25-,26+,29-,32+,33+,37-/m0/s1. The maximum absolute atomic E-state index is 13.5. The van der Waals surface area contributed by atoms with Crippen LogP contribution in [0.4, 0.5) is 5.69 Å². The Bertz CT molecular complexity index is 1650. The molecular weight excluding hydrogens is 650 g/mol. The van der Waals surface area contributed by atoms with Crippen molar-refractivity contribution in [2.75, 3.05) is 50.9 Å². The van der Waals surface area contributed by atoms with Crippen LogP contribution in [0.1, 0.15) is 67.4 Å². The van der Waals surface area contributed by atoms with E-state index in [1.165, 1.54) is 5.56 Å². The first-order valence-corrected chi connectivity index (χ1v) is 19.5. The summed E-state index contributed by atoms with van der Waals surface area (Å²) in [5.74, 6) is 0.536. The molecule has 6 atom stereocenters. The third kappa shape index (κ3) is 6.88. The number of fused-ring (bicyclic) bond motifs is 5. The molecule has 48 heavy (non-hydrogen) atoms. The highest BCUT2D eigenvalue weighted by Gasteiger charge is 2.51. The average Bonchev–Trinajstić information content (AvgIpc) is 3.08. The molecule has 260 valence electrons.